The lowest BCUT2D eigenvalue weighted by molar-refractivity contribution is 0.0786. The van der Waals surface area contributed by atoms with E-state index in [0.29, 0.717) is 11.5 Å². The van der Waals surface area contributed by atoms with E-state index in [2.05, 4.69) is 30.9 Å². The van der Waals surface area contributed by atoms with Crippen LogP contribution in [-0.4, -0.2) is 60.0 Å². The van der Waals surface area contributed by atoms with Crippen molar-refractivity contribution in [1.29, 1.82) is 0 Å². The number of nitrogens with one attached hydrogen (secondary N) is 1. The van der Waals surface area contributed by atoms with Gasteiger partial charge in [-0.2, -0.15) is 5.10 Å². The largest absolute Gasteiger partial charge is 0.348 e. The molecule has 0 aromatic carbocycles. The number of hydrogen-bond donors (Lipinski definition) is 1. The number of nitrogens with zero attached hydrogens (tertiary/aromatic N) is 7. The first kappa shape index (κ1) is 18.1. The molecule has 1 atom stereocenters. The van der Waals surface area contributed by atoms with Gasteiger partial charge in [0.2, 0.25) is 0 Å². The molecule has 1 N–H and O–H groups in total. The van der Waals surface area contributed by atoms with Gasteiger partial charge in [0.25, 0.3) is 5.91 Å². The molecule has 1 saturated heterocycles. The Morgan fingerprint density at radius 2 is 1.97 bits per heavy atom. The number of hydrogen-bond acceptors (Lipinski definition) is 6. The third kappa shape index (κ3) is 3.04. The third-order valence-electron chi connectivity index (χ3n) is 6.14. The number of imidazole rings is 1. The Bertz CT molecular complexity index is 1200. The minimum atomic E-state index is -0.177. The van der Waals surface area contributed by atoms with Crippen LogP contribution in [0.4, 0.5) is 5.82 Å². The molecule has 1 fully saturated rings. The molecule has 4 aromatic heterocycles. The summed E-state index contributed by atoms with van der Waals surface area (Å²) in [5.74, 6) is 0.676. The van der Waals surface area contributed by atoms with Crippen molar-refractivity contribution in [3.8, 4) is 0 Å². The summed E-state index contributed by atoms with van der Waals surface area (Å²) in [5, 5.41) is 4.80. The third-order valence-corrected chi connectivity index (χ3v) is 6.14. The summed E-state index contributed by atoms with van der Waals surface area (Å²) in [5.41, 5.74) is 4.39. The monoisotopic (exact) mass is 414 g/mol. The highest BCUT2D eigenvalue weighted by atomic mass is 16.2. The lowest BCUT2D eigenvalue weighted by Crippen LogP contribution is -2.37. The topological polar surface area (TPSA) is 95.3 Å². The molecule has 0 radical (unpaired) electrons. The fourth-order valence-electron chi connectivity index (χ4n) is 4.58. The van der Waals surface area contributed by atoms with Gasteiger partial charge in [0, 0.05) is 37.9 Å². The van der Waals surface area contributed by atoms with Crippen molar-refractivity contribution in [2.75, 3.05) is 24.5 Å². The van der Waals surface area contributed by atoms with Gasteiger partial charge in [0.1, 0.15) is 17.6 Å². The van der Waals surface area contributed by atoms with E-state index in [-0.39, 0.29) is 11.9 Å². The average Bonchev–Trinajstić information content (AvgIpc) is 3.58. The van der Waals surface area contributed by atoms with Gasteiger partial charge >= 0.3 is 0 Å². The summed E-state index contributed by atoms with van der Waals surface area (Å²) in [7, 11) is 0. The molecule has 0 bridgehead atoms. The number of carbonyl (C=O) groups is 1. The number of anilines is 1. The van der Waals surface area contributed by atoms with Crippen molar-refractivity contribution in [2.45, 2.75) is 25.3 Å². The SMILES string of the molecule is O=C(c1cnc(N2CCc3[nH]cnc3[C@H]2c2cc3ccccn3n2)cn1)N1CCCC1. The van der Waals surface area contributed by atoms with Crippen LogP contribution in [0.15, 0.2) is 49.2 Å². The number of rotatable bonds is 3. The maximum atomic E-state index is 12.6. The zero-order valence-electron chi connectivity index (χ0n) is 17.0. The lowest BCUT2D eigenvalue weighted by atomic mass is 10.00. The van der Waals surface area contributed by atoms with E-state index < -0.39 is 0 Å². The Morgan fingerprint density at radius 1 is 1.06 bits per heavy atom. The van der Waals surface area contributed by atoms with Gasteiger partial charge in [-0.25, -0.2) is 19.5 Å². The molecule has 6 heterocycles. The van der Waals surface area contributed by atoms with Crippen LogP contribution in [0.5, 0.6) is 0 Å². The lowest BCUT2D eigenvalue weighted by Gasteiger charge is -2.34. The Labute approximate surface area is 178 Å². The number of pyridine rings is 1. The van der Waals surface area contributed by atoms with Crippen molar-refractivity contribution in [1.82, 2.24) is 34.4 Å². The normalized spacial score (nSPS) is 18.5. The van der Waals surface area contributed by atoms with Crippen molar-refractivity contribution in [2.24, 2.45) is 0 Å². The standard InChI is InChI=1S/C22H22N8O/c31-22(28-7-3-4-8-28)18-12-24-19(13-23-18)29-10-6-16-20(26-14-25-16)21(29)17-11-15-5-1-2-9-30(15)27-17/h1-2,5,9,11-14,21H,3-4,6-8,10H2,(H,25,26)/t21-/m1/s1. The number of aromatic amines is 1. The molecule has 0 unspecified atom stereocenters. The van der Waals surface area contributed by atoms with Crippen LogP contribution >= 0.6 is 0 Å². The van der Waals surface area contributed by atoms with E-state index in [9.17, 15) is 4.79 Å². The summed E-state index contributed by atoms with van der Waals surface area (Å²) < 4.78 is 1.87. The van der Waals surface area contributed by atoms with Gasteiger partial charge in [0.05, 0.1) is 35.6 Å². The Morgan fingerprint density at radius 3 is 2.77 bits per heavy atom. The van der Waals surface area contributed by atoms with Crippen LogP contribution in [0.3, 0.4) is 0 Å². The number of likely N-dealkylation sites (tertiary alicyclic amines) is 1. The molecule has 2 aliphatic rings. The predicted molar refractivity (Wildman–Crippen MR) is 114 cm³/mol. The second-order valence-electron chi connectivity index (χ2n) is 8.01. The second-order valence-corrected chi connectivity index (χ2v) is 8.01. The van der Waals surface area contributed by atoms with E-state index in [1.807, 2.05) is 33.8 Å². The molecular weight excluding hydrogens is 392 g/mol. The zero-order chi connectivity index (χ0) is 20.8. The van der Waals surface area contributed by atoms with Crippen LogP contribution < -0.4 is 4.90 Å². The average molecular weight is 414 g/mol. The first-order chi connectivity index (χ1) is 15.3. The summed E-state index contributed by atoms with van der Waals surface area (Å²) in [4.78, 5) is 33.6. The van der Waals surface area contributed by atoms with Crippen molar-refractivity contribution >= 4 is 17.2 Å². The fourth-order valence-corrected chi connectivity index (χ4v) is 4.58. The fraction of sp³-hybridized carbons (Fsp3) is 0.318. The predicted octanol–water partition coefficient (Wildman–Crippen LogP) is 2.24. The van der Waals surface area contributed by atoms with Gasteiger partial charge in [-0.05, 0) is 31.0 Å². The highest BCUT2D eigenvalue weighted by molar-refractivity contribution is 5.92. The first-order valence-corrected chi connectivity index (χ1v) is 10.6. The molecule has 6 rings (SSSR count). The number of amides is 1. The van der Waals surface area contributed by atoms with Crippen LogP contribution in [0.1, 0.15) is 46.5 Å². The molecule has 0 aliphatic carbocycles. The molecule has 156 valence electrons. The Hall–Kier alpha value is -3.75. The van der Waals surface area contributed by atoms with E-state index in [1.54, 1.807) is 18.7 Å². The van der Waals surface area contributed by atoms with Crippen molar-refractivity contribution < 1.29 is 4.79 Å². The molecule has 9 heteroatoms. The second kappa shape index (κ2) is 7.19. The van der Waals surface area contributed by atoms with Crippen LogP contribution in [0.25, 0.3) is 5.52 Å². The summed E-state index contributed by atoms with van der Waals surface area (Å²) in [6.45, 7) is 2.35. The van der Waals surface area contributed by atoms with E-state index in [0.717, 1.165) is 61.5 Å². The molecular formula is C22H22N8O. The number of H-pyrrole nitrogens is 1. The molecule has 4 aromatic rings. The highest BCUT2D eigenvalue weighted by Gasteiger charge is 2.34. The van der Waals surface area contributed by atoms with Gasteiger partial charge < -0.3 is 14.8 Å². The van der Waals surface area contributed by atoms with Gasteiger partial charge in [-0.15, -0.1) is 0 Å². The Kier molecular flexibility index (Phi) is 4.19. The van der Waals surface area contributed by atoms with Gasteiger partial charge in [0.15, 0.2) is 0 Å². The minimum Gasteiger partial charge on any atom is -0.348 e. The molecule has 2 aliphatic heterocycles. The van der Waals surface area contributed by atoms with Crippen molar-refractivity contribution in [3.63, 3.8) is 0 Å². The summed E-state index contributed by atoms with van der Waals surface area (Å²) in [6, 6.07) is 7.91. The molecule has 31 heavy (non-hydrogen) atoms. The quantitative estimate of drug-likeness (QED) is 0.552. The maximum absolute atomic E-state index is 12.6. The smallest absolute Gasteiger partial charge is 0.274 e. The van der Waals surface area contributed by atoms with Gasteiger partial charge in [-0.3, -0.25) is 4.79 Å². The van der Waals surface area contributed by atoms with E-state index in [4.69, 9.17) is 5.10 Å². The van der Waals surface area contributed by atoms with Crippen LogP contribution in [0, 0.1) is 0 Å². The highest BCUT2D eigenvalue weighted by Crippen LogP contribution is 2.35. The van der Waals surface area contributed by atoms with Gasteiger partial charge in [-0.1, -0.05) is 6.07 Å². The summed E-state index contributed by atoms with van der Waals surface area (Å²) >= 11 is 0. The van der Waals surface area contributed by atoms with Crippen molar-refractivity contribution in [3.05, 3.63) is 72.0 Å². The van der Waals surface area contributed by atoms with E-state index >= 15 is 0 Å². The summed E-state index contributed by atoms with van der Waals surface area (Å²) in [6.07, 6.45) is 9.90. The van der Waals surface area contributed by atoms with Crippen LogP contribution in [0.2, 0.25) is 0 Å². The molecule has 0 saturated carbocycles. The zero-order valence-corrected chi connectivity index (χ0v) is 17.0. The van der Waals surface area contributed by atoms with E-state index in [1.165, 1.54) is 0 Å². The number of aromatic nitrogens is 6. The van der Waals surface area contributed by atoms with Crippen LogP contribution in [-0.2, 0) is 6.42 Å². The first-order valence-electron chi connectivity index (χ1n) is 10.6. The minimum absolute atomic E-state index is 0.0401. The Balaban J connectivity index is 1.37. The number of carbonyl (C=O) groups excluding carboxylic acids is 1. The molecule has 9 nitrogen and oxygen atoms in total. The number of fused-ring (bicyclic) bond motifs is 2. The maximum Gasteiger partial charge on any atom is 0.274 e. The molecule has 1 amide bonds. The molecule has 0 spiro atoms.